The molecule has 10 heteroatoms. The second-order valence-corrected chi connectivity index (χ2v) is 9.89. The third-order valence-electron chi connectivity index (χ3n) is 7.01. The third kappa shape index (κ3) is 6.76. The molecule has 0 atom stereocenters. The smallest absolute Gasteiger partial charge is 0.398 e. The van der Waals surface area contributed by atoms with Gasteiger partial charge in [-0.05, 0) is 56.1 Å². The molecule has 0 saturated carbocycles. The van der Waals surface area contributed by atoms with Crippen LogP contribution in [0.4, 0.5) is 30.2 Å². The lowest BCUT2D eigenvalue weighted by Gasteiger charge is -2.36. The van der Waals surface area contributed by atoms with Crippen LogP contribution >= 0.6 is 11.6 Å². The summed E-state index contributed by atoms with van der Waals surface area (Å²) in [4.78, 5) is 19.1. The maximum atomic E-state index is 13.2. The van der Waals surface area contributed by atoms with E-state index in [0.29, 0.717) is 38.0 Å². The summed E-state index contributed by atoms with van der Waals surface area (Å²) < 4.78 is 39.5. The minimum Gasteiger partial charge on any atom is -0.398 e. The summed E-state index contributed by atoms with van der Waals surface area (Å²) in [6.45, 7) is 5.74. The highest BCUT2D eigenvalue weighted by Gasteiger charge is 2.34. The van der Waals surface area contributed by atoms with Gasteiger partial charge in [0.05, 0.1) is 16.3 Å². The number of piperazine rings is 1. The maximum Gasteiger partial charge on any atom is 0.418 e. The second-order valence-electron chi connectivity index (χ2n) is 9.48. The van der Waals surface area contributed by atoms with Crippen molar-refractivity contribution >= 4 is 34.6 Å². The van der Waals surface area contributed by atoms with Gasteiger partial charge in [0.15, 0.2) is 0 Å². The van der Waals surface area contributed by atoms with E-state index in [9.17, 15) is 18.0 Å². The molecule has 0 bridgehead atoms. The van der Waals surface area contributed by atoms with Crippen molar-refractivity contribution in [2.75, 3.05) is 61.3 Å². The van der Waals surface area contributed by atoms with Gasteiger partial charge in [-0.2, -0.15) is 13.2 Å². The average Bonchev–Trinajstić information content (AvgIpc) is 2.85. The molecule has 0 aliphatic carbocycles. The first-order valence-corrected chi connectivity index (χ1v) is 12.8. The molecular formula is C26H33ClF3N5O. The van der Waals surface area contributed by atoms with Gasteiger partial charge in [0, 0.05) is 63.1 Å². The zero-order valence-corrected chi connectivity index (χ0v) is 21.0. The summed E-state index contributed by atoms with van der Waals surface area (Å²) in [5.74, 6) is 0.0370. The van der Waals surface area contributed by atoms with Gasteiger partial charge in [0.25, 0.3) is 0 Å². The number of rotatable bonds is 7. The van der Waals surface area contributed by atoms with E-state index in [-0.39, 0.29) is 17.6 Å². The Morgan fingerprint density at radius 1 is 1.00 bits per heavy atom. The monoisotopic (exact) mass is 523 g/mol. The number of anilines is 3. The van der Waals surface area contributed by atoms with Gasteiger partial charge in [-0.15, -0.1) is 0 Å². The molecule has 36 heavy (non-hydrogen) atoms. The summed E-state index contributed by atoms with van der Waals surface area (Å²) in [6, 6.07) is 12.0. The van der Waals surface area contributed by atoms with Crippen LogP contribution in [0.1, 0.15) is 31.2 Å². The molecule has 2 fully saturated rings. The van der Waals surface area contributed by atoms with Crippen molar-refractivity contribution in [3.63, 3.8) is 0 Å². The molecular weight excluding hydrogens is 491 g/mol. The minimum absolute atomic E-state index is 0.0370. The number of carbonyl (C=O) groups is 1. The van der Waals surface area contributed by atoms with Crippen molar-refractivity contribution in [2.24, 2.45) is 0 Å². The molecule has 2 aromatic carbocycles. The van der Waals surface area contributed by atoms with Crippen LogP contribution in [0.5, 0.6) is 0 Å². The lowest BCUT2D eigenvalue weighted by molar-refractivity contribution is -0.136. The number of benzene rings is 2. The molecule has 2 saturated heterocycles. The summed E-state index contributed by atoms with van der Waals surface area (Å²) >= 11 is 6.31. The number of nitrogen functional groups attached to an aromatic ring is 1. The van der Waals surface area contributed by atoms with Crippen LogP contribution in [-0.4, -0.2) is 62.7 Å². The summed E-state index contributed by atoms with van der Waals surface area (Å²) in [5, 5.41) is 3.87. The number of nitrogens with two attached hydrogens (primary N) is 1. The highest BCUT2D eigenvalue weighted by molar-refractivity contribution is 6.33. The number of piperidine rings is 1. The zero-order valence-electron chi connectivity index (χ0n) is 20.2. The first-order valence-electron chi connectivity index (χ1n) is 12.4. The average molecular weight is 524 g/mol. The summed E-state index contributed by atoms with van der Waals surface area (Å²) in [7, 11) is 0. The largest absolute Gasteiger partial charge is 0.418 e. The number of hydrogen-bond donors (Lipinski definition) is 2. The predicted molar refractivity (Wildman–Crippen MR) is 139 cm³/mol. The highest BCUT2D eigenvalue weighted by atomic mass is 35.5. The fourth-order valence-electron chi connectivity index (χ4n) is 4.95. The van der Waals surface area contributed by atoms with Gasteiger partial charge in [-0.1, -0.05) is 23.7 Å². The normalized spacial score (nSPS) is 17.9. The number of para-hydroxylation sites is 1. The third-order valence-corrected chi connectivity index (χ3v) is 7.33. The standard InChI is InChI=1S/C26H33ClF3N5O/c27-22-4-1-2-5-24(22)35-16-14-33(15-17-35)11-3-6-25(36)32-19-9-12-34(13-10-19)20-7-8-23(31)21(18-20)26(28,29)30/h1-2,4-5,7-8,18-19H,3,6,9-17,31H2,(H,32,36). The Labute approximate surface area is 215 Å². The number of halogens is 4. The zero-order chi connectivity index (χ0) is 25.7. The molecule has 0 unspecified atom stereocenters. The van der Waals surface area contributed by atoms with Gasteiger partial charge in [-0.3, -0.25) is 9.69 Å². The van der Waals surface area contributed by atoms with E-state index >= 15 is 0 Å². The van der Waals surface area contributed by atoms with Crippen LogP contribution in [0.2, 0.25) is 5.02 Å². The molecule has 4 rings (SSSR count). The van der Waals surface area contributed by atoms with E-state index in [1.165, 1.54) is 6.07 Å². The quantitative estimate of drug-likeness (QED) is 0.518. The van der Waals surface area contributed by atoms with Crippen molar-refractivity contribution in [1.82, 2.24) is 10.2 Å². The number of nitrogens with one attached hydrogen (secondary N) is 1. The number of hydrogen-bond acceptors (Lipinski definition) is 5. The molecule has 0 spiro atoms. The summed E-state index contributed by atoms with van der Waals surface area (Å²) in [5.41, 5.74) is 6.02. The van der Waals surface area contributed by atoms with E-state index in [1.807, 2.05) is 29.2 Å². The fourth-order valence-corrected chi connectivity index (χ4v) is 5.21. The van der Waals surface area contributed by atoms with Crippen molar-refractivity contribution in [2.45, 2.75) is 37.9 Å². The second kappa shape index (κ2) is 11.6. The van der Waals surface area contributed by atoms with Crippen LogP contribution < -0.4 is 20.9 Å². The Balaban J connectivity index is 1.15. The Morgan fingerprint density at radius 2 is 1.69 bits per heavy atom. The van der Waals surface area contributed by atoms with Crippen molar-refractivity contribution in [3.05, 3.63) is 53.1 Å². The van der Waals surface area contributed by atoms with Crippen molar-refractivity contribution in [1.29, 1.82) is 0 Å². The number of carbonyl (C=O) groups excluding carboxylic acids is 1. The van der Waals surface area contributed by atoms with E-state index in [2.05, 4.69) is 15.1 Å². The van der Waals surface area contributed by atoms with Crippen molar-refractivity contribution in [3.8, 4) is 0 Å². The fraction of sp³-hybridized carbons (Fsp3) is 0.500. The molecule has 0 aromatic heterocycles. The molecule has 2 aromatic rings. The molecule has 196 valence electrons. The Morgan fingerprint density at radius 3 is 2.36 bits per heavy atom. The van der Waals surface area contributed by atoms with E-state index < -0.39 is 11.7 Å². The van der Waals surface area contributed by atoms with Crippen LogP contribution in [-0.2, 0) is 11.0 Å². The highest BCUT2D eigenvalue weighted by Crippen LogP contribution is 2.36. The SMILES string of the molecule is Nc1ccc(N2CCC(NC(=O)CCCN3CCN(c4ccccc4Cl)CC3)CC2)cc1C(F)(F)F. The van der Waals surface area contributed by atoms with Gasteiger partial charge in [0.1, 0.15) is 0 Å². The minimum atomic E-state index is -4.48. The van der Waals surface area contributed by atoms with E-state index in [0.717, 1.165) is 55.9 Å². The van der Waals surface area contributed by atoms with Gasteiger partial charge < -0.3 is 20.9 Å². The molecule has 1 amide bonds. The predicted octanol–water partition coefficient (Wildman–Crippen LogP) is 4.63. The number of nitrogens with zero attached hydrogens (tertiary/aromatic N) is 3. The van der Waals surface area contributed by atoms with Crippen LogP contribution in [0.3, 0.4) is 0 Å². The lowest BCUT2D eigenvalue weighted by atomic mass is 10.0. The molecule has 3 N–H and O–H groups in total. The van der Waals surface area contributed by atoms with Gasteiger partial charge in [-0.25, -0.2) is 0 Å². The number of alkyl halides is 3. The van der Waals surface area contributed by atoms with E-state index in [1.54, 1.807) is 6.07 Å². The van der Waals surface area contributed by atoms with Gasteiger partial charge in [0.2, 0.25) is 5.91 Å². The van der Waals surface area contributed by atoms with Crippen LogP contribution in [0, 0.1) is 0 Å². The topological polar surface area (TPSA) is 64.8 Å². The molecule has 6 nitrogen and oxygen atoms in total. The first-order chi connectivity index (χ1) is 17.2. The van der Waals surface area contributed by atoms with E-state index in [4.69, 9.17) is 17.3 Å². The Bertz CT molecular complexity index is 1030. The molecule has 2 aliphatic heterocycles. The van der Waals surface area contributed by atoms with Crippen LogP contribution in [0.25, 0.3) is 0 Å². The summed E-state index contributed by atoms with van der Waals surface area (Å²) in [6.07, 6.45) is -1.82. The molecule has 2 heterocycles. The van der Waals surface area contributed by atoms with Gasteiger partial charge >= 0.3 is 6.18 Å². The van der Waals surface area contributed by atoms with Crippen LogP contribution in [0.15, 0.2) is 42.5 Å². The molecule has 0 radical (unpaired) electrons. The molecule has 2 aliphatic rings. The van der Waals surface area contributed by atoms with Crippen molar-refractivity contribution < 1.29 is 18.0 Å². The Kier molecular flexibility index (Phi) is 8.51. The lowest BCUT2D eigenvalue weighted by Crippen LogP contribution is -2.47. The maximum absolute atomic E-state index is 13.2. The number of amides is 1. The Hall–Kier alpha value is -2.65. The first kappa shape index (κ1) is 26.4.